The Labute approximate surface area is 124 Å². The largest absolute Gasteiger partial charge is 0.397 e. The lowest BCUT2D eigenvalue weighted by atomic mass is 10.1. The molecule has 1 aromatic heterocycles. The first kappa shape index (κ1) is 13.1. The first-order valence-electron chi connectivity index (χ1n) is 6.81. The van der Waals surface area contributed by atoms with Crippen LogP contribution in [-0.2, 0) is 0 Å². The molecule has 0 saturated heterocycles. The van der Waals surface area contributed by atoms with Crippen molar-refractivity contribution in [3.63, 3.8) is 0 Å². The maximum atomic E-state index is 6.22. The molecule has 0 spiro atoms. The summed E-state index contributed by atoms with van der Waals surface area (Å²) in [5, 5.41) is 1.11. The Bertz CT molecular complexity index is 862. The van der Waals surface area contributed by atoms with Gasteiger partial charge >= 0.3 is 0 Å². The van der Waals surface area contributed by atoms with Crippen molar-refractivity contribution in [3.05, 3.63) is 65.9 Å². The van der Waals surface area contributed by atoms with Crippen LogP contribution in [0.3, 0.4) is 0 Å². The summed E-state index contributed by atoms with van der Waals surface area (Å²) in [6.45, 7) is 2.09. The Morgan fingerprint density at radius 3 is 2.57 bits per heavy atom. The fourth-order valence-electron chi connectivity index (χ4n) is 2.75. The minimum Gasteiger partial charge on any atom is -0.397 e. The van der Waals surface area contributed by atoms with E-state index in [1.165, 1.54) is 0 Å². The van der Waals surface area contributed by atoms with E-state index in [2.05, 4.69) is 35.6 Å². The second-order valence-corrected chi connectivity index (χ2v) is 4.91. The van der Waals surface area contributed by atoms with Crippen molar-refractivity contribution >= 4 is 22.7 Å². The number of benzene rings is 2. The van der Waals surface area contributed by atoms with Crippen LogP contribution in [0.15, 0.2) is 54.6 Å². The average molecular weight is 272 g/mol. The maximum absolute atomic E-state index is 6.22. The van der Waals surface area contributed by atoms with Gasteiger partial charge in [0.1, 0.15) is 0 Å². The number of nitrogens with two attached hydrogens (primary N) is 1. The Morgan fingerprint density at radius 1 is 1.10 bits per heavy atom. The van der Waals surface area contributed by atoms with Gasteiger partial charge in [0.15, 0.2) is 0 Å². The van der Waals surface area contributed by atoms with E-state index in [0.29, 0.717) is 0 Å². The number of allylic oxidation sites excluding steroid dienone is 1. The van der Waals surface area contributed by atoms with Crippen LogP contribution in [0, 0.1) is 19.3 Å². The van der Waals surface area contributed by atoms with Crippen molar-refractivity contribution in [2.75, 3.05) is 5.73 Å². The zero-order chi connectivity index (χ0) is 14.8. The molecule has 1 heterocycles. The lowest BCUT2D eigenvalue weighted by Gasteiger charge is -2.09. The maximum Gasteiger partial charge on any atom is 0.0768 e. The van der Waals surface area contributed by atoms with Gasteiger partial charge in [0.05, 0.1) is 11.2 Å². The van der Waals surface area contributed by atoms with Crippen LogP contribution in [-0.4, -0.2) is 4.57 Å². The number of anilines is 1. The molecular weight excluding hydrogens is 256 g/mol. The van der Waals surface area contributed by atoms with Crippen LogP contribution in [0.2, 0.25) is 0 Å². The number of hydrogen-bond acceptors (Lipinski definition) is 1. The van der Waals surface area contributed by atoms with Gasteiger partial charge in [0.2, 0.25) is 0 Å². The first-order chi connectivity index (χ1) is 10.2. The Kier molecular flexibility index (Phi) is 3.25. The van der Waals surface area contributed by atoms with Crippen LogP contribution in [0.4, 0.5) is 5.69 Å². The molecule has 3 rings (SSSR count). The molecule has 21 heavy (non-hydrogen) atoms. The smallest absolute Gasteiger partial charge is 0.0768 e. The summed E-state index contributed by atoms with van der Waals surface area (Å²) in [5.74, 6) is 2.55. The Balaban J connectivity index is 2.42. The highest BCUT2D eigenvalue weighted by Gasteiger charge is 2.15. The number of hydrogen-bond donors (Lipinski definition) is 1. The second kappa shape index (κ2) is 5.22. The number of rotatable bonds is 2. The Morgan fingerprint density at radius 2 is 1.86 bits per heavy atom. The Hall–Kier alpha value is -2.92. The lowest BCUT2D eigenvalue weighted by molar-refractivity contribution is 1.05. The summed E-state index contributed by atoms with van der Waals surface area (Å²) in [6.07, 6.45) is 9.04. The van der Waals surface area contributed by atoms with Gasteiger partial charge in [-0.1, -0.05) is 36.3 Å². The van der Waals surface area contributed by atoms with Gasteiger partial charge < -0.3 is 10.3 Å². The van der Waals surface area contributed by atoms with E-state index >= 15 is 0 Å². The molecule has 2 N–H and O–H groups in total. The zero-order valence-corrected chi connectivity index (χ0v) is 11.9. The van der Waals surface area contributed by atoms with Crippen molar-refractivity contribution < 1.29 is 0 Å². The number of nitrogens with zero attached hydrogens (tertiary/aromatic N) is 1. The van der Waals surface area contributed by atoms with Crippen LogP contribution >= 0.6 is 0 Å². The summed E-state index contributed by atoms with van der Waals surface area (Å²) in [4.78, 5) is 0. The highest BCUT2D eigenvalue weighted by atomic mass is 15.0. The molecule has 0 radical (unpaired) electrons. The highest BCUT2D eigenvalue weighted by molar-refractivity contribution is 5.99. The van der Waals surface area contributed by atoms with Gasteiger partial charge in [-0.15, -0.1) is 6.42 Å². The molecule has 0 aliphatic rings. The fraction of sp³-hybridized carbons (Fsp3) is 0.0526. The van der Waals surface area contributed by atoms with Crippen LogP contribution < -0.4 is 5.73 Å². The van der Waals surface area contributed by atoms with Crippen molar-refractivity contribution in [2.24, 2.45) is 0 Å². The lowest BCUT2D eigenvalue weighted by Crippen LogP contribution is -1.98. The van der Waals surface area contributed by atoms with E-state index < -0.39 is 0 Å². The van der Waals surface area contributed by atoms with Crippen molar-refractivity contribution in [2.45, 2.75) is 6.92 Å². The molecule has 0 aliphatic heterocycles. The average Bonchev–Trinajstić information content (AvgIpc) is 2.79. The quantitative estimate of drug-likeness (QED) is 0.551. The second-order valence-electron chi connectivity index (χ2n) is 4.91. The standard InChI is InChI=1S/C19H16N2/c1-3-4-11-16-14(2)21(15-9-6-5-7-10-15)19-17(16)12-8-13-18(19)20/h1,4-13H,20H2,2H3/b11-4-. The molecule has 0 bridgehead atoms. The fourth-order valence-corrected chi connectivity index (χ4v) is 2.75. The van der Waals surface area contributed by atoms with E-state index in [1.54, 1.807) is 6.08 Å². The molecule has 102 valence electrons. The summed E-state index contributed by atoms with van der Waals surface area (Å²) >= 11 is 0. The SMILES string of the molecule is C#C/C=C\c1c(C)n(-c2ccccc2)c2c(N)cccc12. The first-order valence-corrected chi connectivity index (χ1v) is 6.81. The number of terminal acetylenes is 1. The molecule has 0 saturated carbocycles. The summed E-state index contributed by atoms with van der Waals surface area (Å²) < 4.78 is 2.18. The normalized spacial score (nSPS) is 11.0. The van der Waals surface area contributed by atoms with Crippen LogP contribution in [0.1, 0.15) is 11.3 Å². The number of nitrogen functional groups attached to an aromatic ring is 1. The number of aromatic nitrogens is 1. The molecule has 2 nitrogen and oxygen atoms in total. The summed E-state index contributed by atoms with van der Waals surface area (Å²) in [6, 6.07) is 16.2. The third-order valence-electron chi connectivity index (χ3n) is 3.67. The zero-order valence-electron chi connectivity index (χ0n) is 11.9. The topological polar surface area (TPSA) is 30.9 Å². The van der Waals surface area contributed by atoms with Crippen molar-refractivity contribution in [3.8, 4) is 18.0 Å². The van der Waals surface area contributed by atoms with Gasteiger partial charge in [0, 0.05) is 22.3 Å². The molecule has 0 unspecified atom stereocenters. The number of para-hydroxylation sites is 2. The van der Waals surface area contributed by atoms with Crippen molar-refractivity contribution in [1.82, 2.24) is 4.57 Å². The molecule has 2 heteroatoms. The van der Waals surface area contributed by atoms with E-state index in [-0.39, 0.29) is 0 Å². The molecule has 0 aliphatic carbocycles. The van der Waals surface area contributed by atoms with E-state index in [9.17, 15) is 0 Å². The van der Waals surface area contributed by atoms with Crippen LogP contribution in [0.25, 0.3) is 22.7 Å². The minimum absolute atomic E-state index is 0.764. The van der Waals surface area contributed by atoms with Gasteiger partial charge in [0.25, 0.3) is 0 Å². The van der Waals surface area contributed by atoms with E-state index in [1.807, 2.05) is 36.4 Å². The predicted octanol–water partition coefficient (Wildman–Crippen LogP) is 4.17. The van der Waals surface area contributed by atoms with Crippen molar-refractivity contribution in [1.29, 1.82) is 0 Å². The third kappa shape index (κ3) is 2.09. The summed E-state index contributed by atoms with van der Waals surface area (Å²) in [7, 11) is 0. The van der Waals surface area contributed by atoms with Gasteiger partial charge in [-0.25, -0.2) is 0 Å². The molecule has 0 fully saturated rings. The summed E-state index contributed by atoms with van der Waals surface area (Å²) in [5.41, 5.74) is 11.3. The van der Waals surface area contributed by atoms with Crippen LogP contribution in [0.5, 0.6) is 0 Å². The molecule has 0 atom stereocenters. The van der Waals surface area contributed by atoms with Gasteiger partial charge in [-0.05, 0) is 37.3 Å². The van der Waals surface area contributed by atoms with E-state index in [4.69, 9.17) is 12.2 Å². The molecular formula is C19H16N2. The highest BCUT2D eigenvalue weighted by Crippen LogP contribution is 2.33. The van der Waals surface area contributed by atoms with Gasteiger partial charge in [-0.2, -0.15) is 0 Å². The minimum atomic E-state index is 0.764. The molecule has 2 aromatic carbocycles. The van der Waals surface area contributed by atoms with Gasteiger partial charge in [-0.3, -0.25) is 0 Å². The predicted molar refractivity (Wildman–Crippen MR) is 90.3 cm³/mol. The van der Waals surface area contributed by atoms with E-state index in [0.717, 1.165) is 33.5 Å². The monoisotopic (exact) mass is 272 g/mol. The molecule has 0 amide bonds. The third-order valence-corrected chi connectivity index (χ3v) is 3.67. The number of fused-ring (bicyclic) bond motifs is 1. The molecule has 3 aromatic rings.